The molecule has 0 aromatic heterocycles. The fourth-order valence-electron chi connectivity index (χ4n) is 1.53. The number of hydrogen-bond donors (Lipinski definition) is 2. The number of carbonyl (C=O) groups is 2. The lowest BCUT2D eigenvalue weighted by Gasteiger charge is -2.06. The van der Waals surface area contributed by atoms with Crippen molar-refractivity contribution in [1.29, 1.82) is 5.26 Å². The summed E-state index contributed by atoms with van der Waals surface area (Å²) in [5.41, 5.74) is 0.742. The number of halogens is 1. The Balaban J connectivity index is 2.13. The first-order valence-electron chi connectivity index (χ1n) is 6.26. The predicted molar refractivity (Wildman–Crippen MR) is 71.0 cm³/mol. The summed E-state index contributed by atoms with van der Waals surface area (Å²) in [7, 11) is 0. The zero-order valence-corrected chi connectivity index (χ0v) is 11.0. The van der Waals surface area contributed by atoms with E-state index in [4.69, 9.17) is 5.26 Å². The maximum atomic E-state index is 12.7. The molecule has 1 aromatic carbocycles. The summed E-state index contributed by atoms with van der Waals surface area (Å²) in [6.45, 7) is 0.851. The summed E-state index contributed by atoms with van der Waals surface area (Å²) in [6.07, 6.45) is 0.629. The van der Waals surface area contributed by atoms with Crippen molar-refractivity contribution in [2.45, 2.75) is 19.3 Å². The number of nitrogens with one attached hydrogen (secondary N) is 2. The summed E-state index contributed by atoms with van der Waals surface area (Å²) in [6, 6.07) is 7.51. The molecule has 0 saturated carbocycles. The maximum Gasteiger partial charge on any atom is 0.234 e. The topological polar surface area (TPSA) is 82.0 Å². The van der Waals surface area contributed by atoms with Crippen molar-refractivity contribution in [2.75, 3.05) is 13.1 Å². The van der Waals surface area contributed by atoms with E-state index in [-0.39, 0.29) is 30.5 Å². The van der Waals surface area contributed by atoms with E-state index in [9.17, 15) is 14.0 Å². The van der Waals surface area contributed by atoms with Crippen LogP contribution in [0.5, 0.6) is 0 Å². The van der Waals surface area contributed by atoms with Crippen molar-refractivity contribution in [2.24, 2.45) is 0 Å². The summed E-state index contributed by atoms with van der Waals surface area (Å²) in [5, 5.41) is 13.5. The van der Waals surface area contributed by atoms with E-state index >= 15 is 0 Å². The van der Waals surface area contributed by atoms with E-state index in [1.165, 1.54) is 12.1 Å². The van der Waals surface area contributed by atoms with Gasteiger partial charge in [-0.1, -0.05) is 12.1 Å². The summed E-state index contributed by atoms with van der Waals surface area (Å²) >= 11 is 0. The molecular formula is C14H16FN3O2. The molecule has 0 fully saturated rings. The van der Waals surface area contributed by atoms with Gasteiger partial charge in [-0.3, -0.25) is 9.59 Å². The minimum absolute atomic E-state index is 0.153. The first-order valence-corrected chi connectivity index (χ1v) is 6.26. The second-order valence-electron chi connectivity index (χ2n) is 4.19. The van der Waals surface area contributed by atoms with Crippen LogP contribution in [0.2, 0.25) is 0 Å². The molecule has 1 aromatic rings. The number of benzene rings is 1. The molecule has 6 heteroatoms. The van der Waals surface area contributed by atoms with E-state index in [0.29, 0.717) is 19.5 Å². The summed E-state index contributed by atoms with van der Waals surface area (Å²) < 4.78 is 12.7. The van der Waals surface area contributed by atoms with Crippen LogP contribution in [0.3, 0.4) is 0 Å². The van der Waals surface area contributed by atoms with Crippen molar-refractivity contribution in [1.82, 2.24) is 10.6 Å². The van der Waals surface area contributed by atoms with Crippen molar-refractivity contribution in [3.8, 4) is 6.07 Å². The highest BCUT2D eigenvalue weighted by atomic mass is 19.1. The molecule has 1 rings (SSSR count). The van der Waals surface area contributed by atoms with Crippen LogP contribution in [0, 0.1) is 17.1 Å². The van der Waals surface area contributed by atoms with Crippen molar-refractivity contribution in [3.05, 3.63) is 35.6 Å². The van der Waals surface area contributed by atoms with E-state index < -0.39 is 0 Å². The average Bonchev–Trinajstić information content (AvgIpc) is 2.41. The van der Waals surface area contributed by atoms with E-state index in [1.807, 2.05) is 0 Å². The standard InChI is InChI=1S/C14H16FN3O2/c15-12-4-2-11(3-5-12)10-14(20)18-9-1-8-17-13(19)6-7-16/h2-5H,1,6,8-10H2,(H,17,19)(H,18,20). The summed E-state index contributed by atoms with van der Waals surface area (Å²) in [4.78, 5) is 22.5. The van der Waals surface area contributed by atoms with Crippen LogP contribution in [0.15, 0.2) is 24.3 Å². The molecule has 0 heterocycles. The Kier molecular flexibility index (Phi) is 6.76. The molecule has 106 valence electrons. The van der Waals surface area contributed by atoms with Gasteiger partial charge in [0, 0.05) is 13.1 Å². The normalized spacial score (nSPS) is 9.60. The Morgan fingerprint density at radius 3 is 2.30 bits per heavy atom. The van der Waals surface area contributed by atoms with Crippen molar-refractivity contribution >= 4 is 11.8 Å². The number of rotatable bonds is 7. The molecule has 2 N–H and O–H groups in total. The third-order valence-corrected chi connectivity index (χ3v) is 2.52. The lowest BCUT2D eigenvalue weighted by molar-refractivity contribution is -0.120. The van der Waals surface area contributed by atoms with Gasteiger partial charge in [0.25, 0.3) is 0 Å². The molecule has 0 unspecified atom stereocenters. The van der Waals surface area contributed by atoms with Crippen molar-refractivity contribution in [3.63, 3.8) is 0 Å². The molecule has 0 aliphatic rings. The van der Waals surface area contributed by atoms with E-state index in [1.54, 1.807) is 18.2 Å². The maximum absolute atomic E-state index is 12.7. The second kappa shape index (κ2) is 8.64. The molecule has 0 radical (unpaired) electrons. The Hall–Kier alpha value is -2.42. The van der Waals surface area contributed by atoms with Crippen LogP contribution >= 0.6 is 0 Å². The quantitative estimate of drug-likeness (QED) is 0.727. The van der Waals surface area contributed by atoms with Gasteiger partial charge in [0.05, 0.1) is 12.5 Å². The molecule has 5 nitrogen and oxygen atoms in total. The smallest absolute Gasteiger partial charge is 0.234 e. The number of hydrogen-bond acceptors (Lipinski definition) is 3. The average molecular weight is 277 g/mol. The molecule has 0 atom stereocenters. The lowest BCUT2D eigenvalue weighted by atomic mass is 10.1. The first kappa shape index (κ1) is 15.6. The van der Waals surface area contributed by atoms with Gasteiger partial charge >= 0.3 is 0 Å². The Bertz CT molecular complexity index is 494. The van der Waals surface area contributed by atoms with Crippen LogP contribution in [-0.4, -0.2) is 24.9 Å². The van der Waals surface area contributed by atoms with E-state index in [0.717, 1.165) is 5.56 Å². The highest BCUT2D eigenvalue weighted by molar-refractivity contribution is 5.78. The summed E-state index contributed by atoms with van der Waals surface area (Å²) in [5.74, 6) is -0.799. The number of nitriles is 1. The molecule has 0 bridgehead atoms. The van der Waals surface area contributed by atoms with Gasteiger partial charge in [0.2, 0.25) is 11.8 Å². The molecule has 0 aliphatic heterocycles. The third-order valence-electron chi connectivity index (χ3n) is 2.52. The molecule has 20 heavy (non-hydrogen) atoms. The Morgan fingerprint density at radius 1 is 1.10 bits per heavy atom. The lowest BCUT2D eigenvalue weighted by Crippen LogP contribution is -2.30. The minimum atomic E-state index is -0.331. The van der Waals surface area contributed by atoms with Gasteiger partial charge in [0.15, 0.2) is 0 Å². The molecule has 0 spiro atoms. The van der Waals surface area contributed by atoms with Gasteiger partial charge in [-0.25, -0.2) is 4.39 Å². The largest absolute Gasteiger partial charge is 0.356 e. The van der Waals surface area contributed by atoms with Crippen LogP contribution in [0.4, 0.5) is 4.39 Å². The fourth-order valence-corrected chi connectivity index (χ4v) is 1.53. The van der Waals surface area contributed by atoms with Crippen LogP contribution < -0.4 is 10.6 Å². The van der Waals surface area contributed by atoms with E-state index in [2.05, 4.69) is 10.6 Å². The van der Waals surface area contributed by atoms with Gasteiger partial charge in [-0.15, -0.1) is 0 Å². The highest BCUT2D eigenvalue weighted by Crippen LogP contribution is 2.03. The fraction of sp³-hybridized carbons (Fsp3) is 0.357. The first-order chi connectivity index (χ1) is 9.61. The molecule has 0 aliphatic carbocycles. The number of carbonyl (C=O) groups excluding carboxylic acids is 2. The zero-order chi connectivity index (χ0) is 14.8. The monoisotopic (exact) mass is 277 g/mol. The Labute approximate surface area is 116 Å². The molecular weight excluding hydrogens is 261 g/mol. The van der Waals surface area contributed by atoms with Crippen molar-refractivity contribution < 1.29 is 14.0 Å². The van der Waals surface area contributed by atoms with Gasteiger partial charge in [0.1, 0.15) is 12.2 Å². The molecule has 0 saturated heterocycles. The van der Waals surface area contributed by atoms with Crippen LogP contribution in [-0.2, 0) is 16.0 Å². The molecule has 2 amide bonds. The zero-order valence-electron chi connectivity index (χ0n) is 11.0. The number of amides is 2. The second-order valence-corrected chi connectivity index (χ2v) is 4.19. The SMILES string of the molecule is N#CCC(=O)NCCCNC(=O)Cc1ccc(F)cc1. The van der Waals surface area contributed by atoms with Crippen LogP contribution in [0.1, 0.15) is 18.4 Å². The predicted octanol–water partition coefficient (Wildman–Crippen LogP) is 0.904. The minimum Gasteiger partial charge on any atom is -0.356 e. The Morgan fingerprint density at radius 2 is 1.70 bits per heavy atom. The van der Waals surface area contributed by atoms with Gasteiger partial charge in [-0.05, 0) is 24.1 Å². The van der Waals surface area contributed by atoms with Gasteiger partial charge < -0.3 is 10.6 Å². The van der Waals surface area contributed by atoms with Crippen LogP contribution in [0.25, 0.3) is 0 Å². The highest BCUT2D eigenvalue weighted by Gasteiger charge is 2.03. The van der Waals surface area contributed by atoms with Gasteiger partial charge in [-0.2, -0.15) is 5.26 Å². The number of nitrogens with zero attached hydrogens (tertiary/aromatic N) is 1. The third kappa shape index (κ3) is 6.50.